The van der Waals surface area contributed by atoms with E-state index in [0.29, 0.717) is 24.5 Å². The van der Waals surface area contributed by atoms with Crippen molar-refractivity contribution in [3.05, 3.63) is 0 Å². The molecule has 28 heavy (non-hydrogen) atoms. The molecule has 0 amide bonds. The van der Waals surface area contributed by atoms with E-state index in [1.54, 1.807) is 0 Å². The van der Waals surface area contributed by atoms with Crippen LogP contribution in [0.3, 0.4) is 0 Å². The first-order valence-corrected chi connectivity index (χ1v) is 11.7. The van der Waals surface area contributed by atoms with E-state index in [4.69, 9.17) is 0 Å². The zero-order chi connectivity index (χ0) is 20.3. The van der Waals surface area contributed by atoms with E-state index in [1.165, 1.54) is 0 Å². The van der Waals surface area contributed by atoms with Crippen molar-refractivity contribution in [2.45, 2.75) is 91.1 Å². The highest BCUT2D eigenvalue weighted by atomic mass is 16.4. The smallest absolute Gasteiger partial charge is 0.310 e. The molecule has 4 aliphatic rings. The number of aliphatic carboxylic acids is 1. The molecule has 0 bridgehead atoms. The number of ketones is 1. The van der Waals surface area contributed by atoms with Crippen LogP contribution in [-0.2, 0) is 9.59 Å². The molecule has 4 fully saturated rings. The summed E-state index contributed by atoms with van der Waals surface area (Å²) in [5, 5.41) is 21.4. The Morgan fingerprint density at radius 2 is 1.96 bits per heavy atom. The van der Waals surface area contributed by atoms with Crippen molar-refractivity contribution in [2.75, 3.05) is 0 Å². The highest BCUT2D eigenvalue weighted by Crippen LogP contribution is 2.67. The zero-order valence-electron chi connectivity index (χ0n) is 17.8. The predicted molar refractivity (Wildman–Crippen MR) is 108 cm³/mol. The van der Waals surface area contributed by atoms with Crippen molar-refractivity contribution >= 4 is 11.8 Å². The van der Waals surface area contributed by atoms with Gasteiger partial charge in [-0.1, -0.05) is 46.5 Å². The van der Waals surface area contributed by atoms with Crippen LogP contribution in [0.4, 0.5) is 0 Å². The normalized spacial score (nSPS) is 49.1. The number of aliphatic hydroxyl groups excluding tert-OH is 1. The number of carbonyl (C=O) groups excluding carboxylic acids is 1. The average molecular weight is 391 g/mol. The third-order valence-electron chi connectivity index (χ3n) is 9.74. The number of hydrogen-bond donors (Lipinski definition) is 2. The average Bonchev–Trinajstić information content (AvgIpc) is 2.91. The van der Waals surface area contributed by atoms with Crippen LogP contribution >= 0.6 is 0 Å². The predicted octanol–water partition coefficient (Wildman–Crippen LogP) is 4.69. The molecule has 0 heterocycles. The fraction of sp³-hybridized carbons (Fsp3) is 0.917. The summed E-state index contributed by atoms with van der Waals surface area (Å²) >= 11 is 0. The molecule has 4 heteroatoms. The maximum atomic E-state index is 13.4. The van der Waals surface area contributed by atoms with Gasteiger partial charge in [0.15, 0.2) is 0 Å². The fourth-order valence-corrected chi connectivity index (χ4v) is 8.75. The maximum Gasteiger partial charge on any atom is 0.310 e. The summed E-state index contributed by atoms with van der Waals surface area (Å²) in [6, 6.07) is 0. The van der Waals surface area contributed by atoms with Crippen LogP contribution in [0.25, 0.3) is 0 Å². The number of carboxylic acids is 1. The SMILES string of the molecule is CCC[C@@H](C)[C@H]1C(O)C[C@H]2[C@@H]3C(=O)C[C@@H]4CCCC[C@]4(C(=O)O)[C@H]3CC[C@]12C. The number of fused-ring (bicyclic) bond motifs is 5. The standard InChI is InChI=1S/C24H38O4/c1-4-7-14(2)21-19(26)13-17-20-16(9-11-23(17,21)3)24(22(27)28)10-6-5-8-15(24)12-18(20)25/h14-17,19-21,26H,4-13H2,1-3H3,(H,27,28)/t14-,15+,16+,17+,19?,20-,21+,23+,24-/m1/s1. The summed E-state index contributed by atoms with van der Waals surface area (Å²) in [7, 11) is 0. The van der Waals surface area contributed by atoms with E-state index >= 15 is 0 Å². The quantitative estimate of drug-likeness (QED) is 0.730. The van der Waals surface area contributed by atoms with Gasteiger partial charge in [-0.25, -0.2) is 0 Å². The molecule has 0 saturated heterocycles. The minimum atomic E-state index is -0.698. The van der Waals surface area contributed by atoms with Gasteiger partial charge < -0.3 is 10.2 Å². The van der Waals surface area contributed by atoms with Gasteiger partial charge >= 0.3 is 5.97 Å². The molecule has 0 aromatic heterocycles. The summed E-state index contributed by atoms with van der Waals surface area (Å²) < 4.78 is 0. The maximum absolute atomic E-state index is 13.4. The number of carbonyl (C=O) groups is 2. The van der Waals surface area contributed by atoms with Gasteiger partial charge in [-0.15, -0.1) is 0 Å². The molecule has 4 rings (SSSR count). The number of Topliss-reactive ketones (excluding diaryl/α,β-unsaturated/α-hetero) is 1. The van der Waals surface area contributed by atoms with Crippen molar-refractivity contribution in [3.63, 3.8) is 0 Å². The lowest BCUT2D eigenvalue weighted by atomic mass is 9.43. The Bertz CT molecular complexity index is 645. The Kier molecular flexibility index (Phi) is 5.17. The molecule has 0 radical (unpaired) electrons. The van der Waals surface area contributed by atoms with Crippen molar-refractivity contribution in [3.8, 4) is 0 Å². The van der Waals surface area contributed by atoms with Crippen LogP contribution in [0.5, 0.6) is 0 Å². The third kappa shape index (κ3) is 2.66. The van der Waals surface area contributed by atoms with Gasteiger partial charge in [0.25, 0.3) is 0 Å². The zero-order valence-corrected chi connectivity index (χ0v) is 17.8. The van der Waals surface area contributed by atoms with Crippen LogP contribution in [0, 0.1) is 46.3 Å². The third-order valence-corrected chi connectivity index (χ3v) is 9.74. The highest BCUT2D eigenvalue weighted by Gasteiger charge is 2.67. The second kappa shape index (κ2) is 7.11. The van der Waals surface area contributed by atoms with E-state index < -0.39 is 11.4 Å². The number of carboxylic acid groups (broad SMARTS) is 1. The second-order valence-corrected chi connectivity index (χ2v) is 10.8. The topological polar surface area (TPSA) is 74.6 Å². The monoisotopic (exact) mass is 390 g/mol. The summed E-state index contributed by atoms with van der Waals surface area (Å²) in [6.07, 6.45) is 8.46. The minimum Gasteiger partial charge on any atom is -0.481 e. The molecule has 2 N–H and O–H groups in total. The van der Waals surface area contributed by atoms with Crippen LogP contribution in [0.2, 0.25) is 0 Å². The Balaban J connectivity index is 1.71. The molecule has 0 aromatic carbocycles. The molecule has 4 nitrogen and oxygen atoms in total. The van der Waals surface area contributed by atoms with E-state index in [1.807, 2.05) is 0 Å². The lowest BCUT2D eigenvalue weighted by Crippen LogP contribution is -2.60. The summed E-state index contributed by atoms with van der Waals surface area (Å²) in [6.45, 7) is 6.75. The van der Waals surface area contributed by atoms with E-state index in [2.05, 4.69) is 20.8 Å². The first-order chi connectivity index (χ1) is 13.3. The largest absolute Gasteiger partial charge is 0.481 e. The first kappa shape index (κ1) is 20.4. The number of rotatable bonds is 4. The molecule has 9 atom stereocenters. The Morgan fingerprint density at radius 3 is 2.64 bits per heavy atom. The van der Waals surface area contributed by atoms with E-state index in [0.717, 1.165) is 51.4 Å². The highest BCUT2D eigenvalue weighted by molar-refractivity contribution is 5.87. The molecule has 4 aliphatic carbocycles. The molecule has 4 saturated carbocycles. The van der Waals surface area contributed by atoms with Crippen LogP contribution in [0.1, 0.15) is 85.0 Å². The minimum absolute atomic E-state index is 0.0259. The lowest BCUT2D eigenvalue weighted by molar-refractivity contribution is -0.182. The molecule has 158 valence electrons. The Labute approximate surface area is 169 Å². The van der Waals surface area contributed by atoms with Gasteiger partial charge in [0.05, 0.1) is 11.5 Å². The van der Waals surface area contributed by atoms with Crippen molar-refractivity contribution < 1.29 is 19.8 Å². The number of aliphatic hydroxyl groups is 1. The summed E-state index contributed by atoms with van der Waals surface area (Å²) in [4.78, 5) is 26.0. The van der Waals surface area contributed by atoms with E-state index in [9.17, 15) is 19.8 Å². The van der Waals surface area contributed by atoms with Crippen LogP contribution in [-0.4, -0.2) is 28.1 Å². The molecule has 0 aromatic rings. The number of hydrogen-bond acceptors (Lipinski definition) is 3. The molecule has 0 spiro atoms. The first-order valence-electron chi connectivity index (χ1n) is 11.7. The van der Waals surface area contributed by atoms with Gasteiger partial charge in [0, 0.05) is 12.3 Å². The summed E-state index contributed by atoms with van der Waals surface area (Å²) in [5.41, 5.74) is -0.734. The Hall–Kier alpha value is -0.900. The van der Waals surface area contributed by atoms with Crippen LogP contribution in [0.15, 0.2) is 0 Å². The van der Waals surface area contributed by atoms with Crippen molar-refractivity contribution in [1.29, 1.82) is 0 Å². The van der Waals surface area contributed by atoms with Crippen molar-refractivity contribution in [2.24, 2.45) is 46.3 Å². The van der Waals surface area contributed by atoms with Gasteiger partial charge in [-0.2, -0.15) is 0 Å². The van der Waals surface area contributed by atoms with Crippen molar-refractivity contribution in [1.82, 2.24) is 0 Å². The molecule has 0 aliphatic heterocycles. The van der Waals surface area contributed by atoms with Gasteiger partial charge in [0.2, 0.25) is 0 Å². The van der Waals surface area contributed by atoms with Gasteiger partial charge in [0.1, 0.15) is 5.78 Å². The second-order valence-electron chi connectivity index (χ2n) is 10.8. The molecular formula is C24H38O4. The van der Waals surface area contributed by atoms with E-state index in [-0.39, 0.29) is 41.1 Å². The lowest BCUT2D eigenvalue weighted by Gasteiger charge is -2.59. The van der Waals surface area contributed by atoms with Crippen LogP contribution < -0.4 is 0 Å². The molecular weight excluding hydrogens is 352 g/mol. The molecule has 1 unspecified atom stereocenters. The fourth-order valence-electron chi connectivity index (χ4n) is 8.75. The van der Waals surface area contributed by atoms with Gasteiger partial charge in [-0.05, 0) is 67.1 Å². The summed E-state index contributed by atoms with van der Waals surface area (Å²) in [5.74, 6) is 0.325. The Morgan fingerprint density at radius 1 is 1.21 bits per heavy atom. The van der Waals surface area contributed by atoms with Gasteiger partial charge in [-0.3, -0.25) is 9.59 Å².